The van der Waals surface area contributed by atoms with Crippen molar-refractivity contribution in [1.82, 2.24) is 6.15 Å². The van der Waals surface area contributed by atoms with E-state index in [1.165, 1.54) is 16.9 Å². The van der Waals surface area contributed by atoms with E-state index in [0.29, 0.717) is 0 Å². The molecular weight excluding hydrogens is 131 g/mol. The van der Waals surface area contributed by atoms with Crippen LogP contribution in [0.15, 0.2) is 18.2 Å². The Bertz CT molecular complexity index is 235. The minimum Gasteiger partial charge on any atom is -0.352 e. The summed E-state index contributed by atoms with van der Waals surface area (Å²) in [6, 6.07) is 6.26. The molecule has 0 fully saturated rings. The van der Waals surface area contributed by atoms with Gasteiger partial charge in [0.25, 0.3) is 0 Å². The number of hydrogen-bond donors (Lipinski definition) is 2. The van der Waals surface area contributed by atoms with Crippen LogP contribution in [0.4, 0.5) is 16.1 Å². The number of aryl methyl sites for hydroxylation is 1. The summed E-state index contributed by atoms with van der Waals surface area (Å²) in [5.74, 6) is 0. The molecule has 1 aliphatic heterocycles. The maximum atomic E-state index is 3.16. The van der Waals surface area contributed by atoms with E-state index < -0.39 is 0 Å². The van der Waals surface area contributed by atoms with Crippen molar-refractivity contribution in [3.63, 3.8) is 0 Å². The molecule has 0 bridgehead atoms. The first-order valence-corrected chi connectivity index (χ1v) is 2.74. The average Bonchev–Trinajstić information content (AvgIpc) is 2.45. The summed E-state index contributed by atoms with van der Waals surface area (Å²) in [5, 5.41) is 3.16. The monoisotopic (exact) mass is 142 g/mol. The van der Waals surface area contributed by atoms with Gasteiger partial charge in [0.15, 0.2) is 0 Å². The SMILES string of the molecule is Cc1cccc2c1N2.F.N. The lowest BCUT2D eigenvalue weighted by Gasteiger charge is -1.79. The van der Waals surface area contributed by atoms with Gasteiger partial charge >= 0.3 is 0 Å². The Labute approximate surface area is 59.2 Å². The molecule has 4 N–H and O–H groups in total. The standard InChI is InChI=1S/C7H7N.FH.H3N/c1-5-3-2-4-6-7(5)8-6;;/h2-4,8H,1H3;1H;1H3. The Kier molecular flexibility index (Phi) is 2.37. The number of halogens is 1. The molecule has 0 unspecified atom stereocenters. The van der Waals surface area contributed by atoms with Crippen LogP contribution in [0, 0.1) is 6.92 Å². The van der Waals surface area contributed by atoms with Crippen molar-refractivity contribution >= 4 is 11.4 Å². The first kappa shape index (κ1) is 8.91. The molecule has 1 aromatic rings. The average molecular weight is 142 g/mol. The maximum Gasteiger partial charge on any atom is 0.0653 e. The second-order valence-corrected chi connectivity index (χ2v) is 2.12. The zero-order valence-electron chi connectivity index (χ0n) is 5.85. The smallest absolute Gasteiger partial charge is 0.0653 e. The van der Waals surface area contributed by atoms with Crippen LogP contribution in [-0.2, 0) is 0 Å². The largest absolute Gasteiger partial charge is 0.352 e. The molecule has 0 radical (unpaired) electrons. The summed E-state index contributed by atoms with van der Waals surface area (Å²) in [6.07, 6.45) is 0. The van der Waals surface area contributed by atoms with Crippen molar-refractivity contribution in [3.05, 3.63) is 23.8 Å². The fourth-order valence-electron chi connectivity index (χ4n) is 0.911. The highest BCUT2D eigenvalue weighted by Gasteiger charge is 2.15. The minimum absolute atomic E-state index is 0. The van der Waals surface area contributed by atoms with Crippen LogP contribution in [0.25, 0.3) is 0 Å². The minimum atomic E-state index is 0. The quantitative estimate of drug-likeness (QED) is 0.555. The molecule has 3 heteroatoms. The zero-order chi connectivity index (χ0) is 5.56. The number of anilines is 2. The third-order valence-corrected chi connectivity index (χ3v) is 1.47. The van der Waals surface area contributed by atoms with Crippen LogP contribution in [0.1, 0.15) is 5.56 Å². The van der Waals surface area contributed by atoms with Crippen LogP contribution in [0.5, 0.6) is 0 Å². The molecule has 1 aliphatic rings. The molecule has 0 atom stereocenters. The van der Waals surface area contributed by atoms with Crippen LogP contribution in [0.3, 0.4) is 0 Å². The molecule has 0 amide bonds. The van der Waals surface area contributed by atoms with Crippen molar-refractivity contribution in [1.29, 1.82) is 0 Å². The van der Waals surface area contributed by atoms with E-state index in [1.54, 1.807) is 0 Å². The predicted octanol–water partition coefficient (Wildman–Crippen LogP) is 2.37. The van der Waals surface area contributed by atoms with Gasteiger partial charge in [-0.2, -0.15) is 0 Å². The number of nitrogens with one attached hydrogen (secondary N) is 1. The van der Waals surface area contributed by atoms with E-state index in [9.17, 15) is 0 Å². The van der Waals surface area contributed by atoms with Crippen molar-refractivity contribution in [2.45, 2.75) is 6.92 Å². The van der Waals surface area contributed by atoms with Crippen molar-refractivity contribution in [2.75, 3.05) is 5.32 Å². The zero-order valence-corrected chi connectivity index (χ0v) is 5.85. The molecule has 1 aromatic carbocycles. The van der Waals surface area contributed by atoms with E-state index in [0.717, 1.165) is 0 Å². The van der Waals surface area contributed by atoms with Gasteiger partial charge in [0, 0.05) is 0 Å². The molecule has 2 rings (SSSR count). The highest BCUT2D eigenvalue weighted by molar-refractivity contribution is 5.92. The van der Waals surface area contributed by atoms with Crippen LogP contribution in [0.2, 0.25) is 0 Å². The van der Waals surface area contributed by atoms with E-state index >= 15 is 0 Å². The van der Waals surface area contributed by atoms with Crippen LogP contribution >= 0.6 is 0 Å². The first-order valence-electron chi connectivity index (χ1n) is 2.74. The van der Waals surface area contributed by atoms with Gasteiger partial charge in [0.1, 0.15) is 0 Å². The van der Waals surface area contributed by atoms with Gasteiger partial charge in [0.05, 0.1) is 11.4 Å². The van der Waals surface area contributed by atoms with Crippen molar-refractivity contribution in [2.24, 2.45) is 0 Å². The molecule has 0 aromatic heterocycles. The normalized spacial score (nSPS) is 9.70. The topological polar surface area (TPSA) is 56.9 Å². The molecule has 56 valence electrons. The van der Waals surface area contributed by atoms with Gasteiger partial charge in [0.2, 0.25) is 0 Å². The second kappa shape index (κ2) is 2.66. The van der Waals surface area contributed by atoms with Crippen molar-refractivity contribution < 1.29 is 4.70 Å². The number of benzene rings is 1. The highest BCUT2D eigenvalue weighted by atomic mass is 19.0. The van der Waals surface area contributed by atoms with Crippen molar-refractivity contribution in [3.8, 4) is 0 Å². The lowest BCUT2D eigenvalue weighted by atomic mass is 10.2. The lowest BCUT2D eigenvalue weighted by Crippen LogP contribution is -1.59. The molecule has 1 heterocycles. The number of para-hydroxylation sites is 1. The van der Waals surface area contributed by atoms with Gasteiger partial charge in [-0.1, -0.05) is 12.1 Å². The third-order valence-electron chi connectivity index (χ3n) is 1.47. The molecule has 0 saturated carbocycles. The lowest BCUT2D eigenvalue weighted by molar-refractivity contribution is 1.11. The predicted molar refractivity (Wildman–Crippen MR) is 42.0 cm³/mol. The summed E-state index contributed by atoms with van der Waals surface area (Å²) in [6.45, 7) is 2.11. The molecule has 0 saturated heterocycles. The number of fused-ring (bicyclic) bond motifs is 1. The van der Waals surface area contributed by atoms with Crippen LogP contribution in [-0.4, -0.2) is 0 Å². The van der Waals surface area contributed by atoms with E-state index in [2.05, 4.69) is 30.4 Å². The Morgan fingerprint density at radius 1 is 1.30 bits per heavy atom. The molecule has 0 spiro atoms. The fraction of sp³-hybridized carbons (Fsp3) is 0.143. The van der Waals surface area contributed by atoms with Gasteiger partial charge in [-0.3, -0.25) is 4.70 Å². The maximum absolute atomic E-state index is 3.16. The Hall–Kier alpha value is -1.09. The summed E-state index contributed by atoms with van der Waals surface area (Å²) in [4.78, 5) is 0. The summed E-state index contributed by atoms with van der Waals surface area (Å²) in [5.41, 5.74) is 3.97. The summed E-state index contributed by atoms with van der Waals surface area (Å²) in [7, 11) is 0. The van der Waals surface area contributed by atoms with Gasteiger partial charge in [-0.05, 0) is 18.6 Å². The molecular formula is C7H11FN2. The Morgan fingerprint density at radius 2 is 2.00 bits per heavy atom. The van der Waals surface area contributed by atoms with Gasteiger partial charge in [-0.25, -0.2) is 0 Å². The second-order valence-electron chi connectivity index (χ2n) is 2.12. The third kappa shape index (κ3) is 1.09. The van der Waals surface area contributed by atoms with E-state index in [4.69, 9.17) is 0 Å². The summed E-state index contributed by atoms with van der Waals surface area (Å²) >= 11 is 0. The number of hydrogen-bond acceptors (Lipinski definition) is 2. The van der Waals surface area contributed by atoms with Crippen LogP contribution < -0.4 is 11.5 Å². The summed E-state index contributed by atoms with van der Waals surface area (Å²) < 4.78 is 0. The van der Waals surface area contributed by atoms with E-state index in [1.807, 2.05) is 0 Å². The van der Waals surface area contributed by atoms with Gasteiger partial charge in [-0.15, -0.1) is 0 Å². The Morgan fingerprint density at radius 3 is 2.50 bits per heavy atom. The van der Waals surface area contributed by atoms with E-state index in [-0.39, 0.29) is 10.9 Å². The highest BCUT2D eigenvalue weighted by Crippen LogP contribution is 2.40. The van der Waals surface area contributed by atoms with Gasteiger partial charge < -0.3 is 11.5 Å². The molecule has 0 aliphatic carbocycles. The molecule has 10 heavy (non-hydrogen) atoms. The molecule has 2 nitrogen and oxygen atoms in total. The fourth-order valence-corrected chi connectivity index (χ4v) is 0.911. The Balaban J connectivity index is 0.000000405. The number of rotatable bonds is 0. The first-order chi connectivity index (χ1) is 3.88.